The lowest BCUT2D eigenvalue weighted by Gasteiger charge is -2.23. The van der Waals surface area contributed by atoms with E-state index in [0.717, 1.165) is 5.56 Å². The molecule has 9 heteroatoms. The first kappa shape index (κ1) is 19.3. The lowest BCUT2D eigenvalue weighted by molar-refractivity contribution is -0.140. The summed E-state index contributed by atoms with van der Waals surface area (Å²) in [4.78, 5) is 27.5. The minimum atomic E-state index is -0.907. The zero-order valence-electron chi connectivity index (χ0n) is 17.1. The number of ketones is 1. The molecule has 0 spiro atoms. The van der Waals surface area contributed by atoms with Gasteiger partial charge >= 0.3 is 0 Å². The minimum Gasteiger partial charge on any atom is -0.507 e. The monoisotopic (exact) mass is 447 g/mol. The van der Waals surface area contributed by atoms with E-state index < -0.39 is 17.7 Å². The van der Waals surface area contributed by atoms with Crippen LogP contribution in [0.25, 0.3) is 5.76 Å². The lowest BCUT2D eigenvalue weighted by atomic mass is 9.99. The van der Waals surface area contributed by atoms with Crippen molar-refractivity contribution in [3.63, 3.8) is 0 Å². The number of hydrogen-bond donors (Lipinski definition) is 1. The molecule has 3 aliphatic heterocycles. The third kappa shape index (κ3) is 3.08. The molecule has 4 heterocycles. The fraction of sp³-hybridized carbons (Fsp3) is 0.167. The highest BCUT2D eigenvalue weighted by atomic mass is 16.7. The average molecular weight is 447 g/mol. The number of fused-ring (bicyclic) bond motifs is 2. The van der Waals surface area contributed by atoms with Gasteiger partial charge in [-0.2, -0.15) is 0 Å². The van der Waals surface area contributed by atoms with Gasteiger partial charge in [0.05, 0.1) is 11.8 Å². The molecular formula is C24H17NO8. The number of amides is 1. The predicted molar refractivity (Wildman–Crippen MR) is 112 cm³/mol. The van der Waals surface area contributed by atoms with Gasteiger partial charge in [-0.1, -0.05) is 6.07 Å². The van der Waals surface area contributed by atoms with Gasteiger partial charge in [0.15, 0.2) is 23.0 Å². The van der Waals surface area contributed by atoms with Gasteiger partial charge in [0.1, 0.15) is 17.6 Å². The molecule has 1 fully saturated rings. The smallest absolute Gasteiger partial charge is 0.296 e. The quantitative estimate of drug-likeness (QED) is 0.369. The maximum absolute atomic E-state index is 13.1. The van der Waals surface area contributed by atoms with Crippen molar-refractivity contribution in [2.75, 3.05) is 13.6 Å². The predicted octanol–water partition coefficient (Wildman–Crippen LogP) is 3.36. The summed E-state index contributed by atoms with van der Waals surface area (Å²) in [7, 11) is 0. The van der Waals surface area contributed by atoms with E-state index in [2.05, 4.69) is 0 Å². The van der Waals surface area contributed by atoms with Gasteiger partial charge in [-0.25, -0.2) is 0 Å². The maximum atomic E-state index is 13.1. The molecule has 1 atom stereocenters. The Labute approximate surface area is 187 Å². The fourth-order valence-electron chi connectivity index (χ4n) is 4.22. The standard InChI is InChI=1S/C24H17NO8/c26-22(14-4-6-16-19(9-14)33-12-31-16)20-21(17-2-1-7-29-17)25(24(28)23(20)27)10-13-3-5-15-18(8-13)32-11-30-15/h1-9,21,26H,10-12H2/b22-20-. The number of ether oxygens (including phenoxy) is 4. The number of carbonyl (C=O) groups is 2. The highest BCUT2D eigenvalue weighted by Gasteiger charge is 2.47. The molecule has 1 aromatic heterocycles. The Morgan fingerprint density at radius 1 is 0.909 bits per heavy atom. The summed E-state index contributed by atoms with van der Waals surface area (Å²) >= 11 is 0. The number of furan rings is 1. The van der Waals surface area contributed by atoms with Crippen LogP contribution in [0.2, 0.25) is 0 Å². The van der Waals surface area contributed by atoms with Crippen LogP contribution in [-0.2, 0) is 16.1 Å². The number of nitrogens with zero attached hydrogens (tertiary/aromatic N) is 1. The van der Waals surface area contributed by atoms with Gasteiger partial charge in [0.2, 0.25) is 13.6 Å². The third-order valence-electron chi connectivity index (χ3n) is 5.79. The molecule has 0 saturated carbocycles. The van der Waals surface area contributed by atoms with E-state index in [1.807, 2.05) is 0 Å². The molecule has 6 rings (SSSR count). The van der Waals surface area contributed by atoms with E-state index in [9.17, 15) is 14.7 Å². The Bertz CT molecular complexity index is 1310. The Balaban J connectivity index is 1.43. The van der Waals surface area contributed by atoms with Crippen LogP contribution in [0.1, 0.15) is 22.9 Å². The van der Waals surface area contributed by atoms with E-state index in [1.54, 1.807) is 48.5 Å². The lowest BCUT2D eigenvalue weighted by Crippen LogP contribution is -2.29. The van der Waals surface area contributed by atoms with Crippen molar-refractivity contribution in [3.8, 4) is 23.0 Å². The summed E-state index contributed by atoms with van der Waals surface area (Å²) in [6.07, 6.45) is 1.45. The highest BCUT2D eigenvalue weighted by molar-refractivity contribution is 6.46. The van der Waals surface area contributed by atoms with Gasteiger partial charge < -0.3 is 33.4 Å². The van der Waals surface area contributed by atoms with Gasteiger partial charge in [0, 0.05) is 12.1 Å². The summed E-state index contributed by atoms with van der Waals surface area (Å²) in [5.41, 5.74) is 1.01. The maximum Gasteiger partial charge on any atom is 0.296 e. The van der Waals surface area contributed by atoms with Crippen molar-refractivity contribution < 1.29 is 38.1 Å². The average Bonchev–Trinajstić information content (AvgIpc) is 3.62. The molecule has 9 nitrogen and oxygen atoms in total. The van der Waals surface area contributed by atoms with Gasteiger partial charge in [-0.15, -0.1) is 0 Å². The number of likely N-dealkylation sites (tertiary alicyclic amines) is 1. The SMILES string of the molecule is O=C1C(=O)N(Cc2ccc3c(c2)OCO3)C(c2ccco2)/C1=C(/O)c1ccc2c(c1)OCO2. The second kappa shape index (κ2) is 7.33. The van der Waals surface area contributed by atoms with Crippen molar-refractivity contribution in [2.45, 2.75) is 12.6 Å². The number of Topliss-reactive ketones (excluding diaryl/α,β-unsaturated/α-hetero) is 1. The van der Waals surface area contributed by atoms with Crippen LogP contribution < -0.4 is 18.9 Å². The number of rotatable bonds is 4. The van der Waals surface area contributed by atoms with Gasteiger partial charge in [0.25, 0.3) is 11.7 Å². The van der Waals surface area contributed by atoms with Crippen LogP contribution in [0.5, 0.6) is 23.0 Å². The second-order valence-electron chi connectivity index (χ2n) is 7.70. The van der Waals surface area contributed by atoms with Crippen LogP contribution in [0.15, 0.2) is 64.8 Å². The Morgan fingerprint density at radius 2 is 1.61 bits per heavy atom. The molecule has 1 unspecified atom stereocenters. The Morgan fingerprint density at radius 3 is 2.33 bits per heavy atom. The number of aliphatic hydroxyl groups excluding tert-OH is 1. The molecule has 1 N–H and O–H groups in total. The molecule has 0 radical (unpaired) electrons. The van der Waals surface area contributed by atoms with Crippen molar-refractivity contribution in [1.29, 1.82) is 0 Å². The molecule has 2 aromatic carbocycles. The summed E-state index contributed by atoms with van der Waals surface area (Å²) in [6, 6.07) is 12.5. The first-order chi connectivity index (χ1) is 16.1. The molecular weight excluding hydrogens is 430 g/mol. The van der Waals surface area contributed by atoms with Crippen LogP contribution in [0, 0.1) is 0 Å². The normalized spacial score (nSPS) is 20.0. The van der Waals surface area contributed by atoms with Crippen LogP contribution in [0.4, 0.5) is 0 Å². The molecule has 166 valence electrons. The largest absolute Gasteiger partial charge is 0.507 e. The summed E-state index contributed by atoms with van der Waals surface area (Å²) < 4.78 is 27.0. The zero-order chi connectivity index (χ0) is 22.5. The van der Waals surface area contributed by atoms with E-state index >= 15 is 0 Å². The van der Waals surface area contributed by atoms with E-state index in [-0.39, 0.29) is 31.5 Å². The molecule has 0 aliphatic carbocycles. The number of aliphatic hydroxyl groups is 1. The summed E-state index contributed by atoms with van der Waals surface area (Å²) in [5.74, 6) is 0.674. The topological polar surface area (TPSA) is 108 Å². The van der Waals surface area contributed by atoms with Crippen molar-refractivity contribution >= 4 is 17.4 Å². The molecule has 0 bridgehead atoms. The van der Waals surface area contributed by atoms with Crippen molar-refractivity contribution in [3.05, 3.63) is 77.3 Å². The summed E-state index contributed by atoms with van der Waals surface area (Å²) in [5, 5.41) is 11.1. The van der Waals surface area contributed by atoms with Crippen LogP contribution in [-0.4, -0.2) is 35.3 Å². The number of carbonyl (C=O) groups excluding carboxylic acids is 2. The Kier molecular flexibility index (Phi) is 4.29. The number of hydrogen-bond acceptors (Lipinski definition) is 8. The molecule has 1 amide bonds. The van der Waals surface area contributed by atoms with E-state index in [0.29, 0.717) is 34.3 Å². The second-order valence-corrected chi connectivity index (χ2v) is 7.70. The van der Waals surface area contributed by atoms with Crippen LogP contribution >= 0.6 is 0 Å². The first-order valence-corrected chi connectivity index (χ1v) is 10.2. The van der Waals surface area contributed by atoms with Gasteiger partial charge in [-0.3, -0.25) is 9.59 Å². The fourth-order valence-corrected chi connectivity index (χ4v) is 4.22. The molecule has 3 aliphatic rings. The van der Waals surface area contributed by atoms with Crippen LogP contribution in [0.3, 0.4) is 0 Å². The Hall–Kier alpha value is -4.40. The molecule has 1 saturated heterocycles. The highest BCUT2D eigenvalue weighted by Crippen LogP contribution is 2.42. The zero-order valence-corrected chi connectivity index (χ0v) is 17.1. The van der Waals surface area contributed by atoms with E-state index in [4.69, 9.17) is 23.4 Å². The number of benzene rings is 2. The van der Waals surface area contributed by atoms with E-state index in [1.165, 1.54) is 11.2 Å². The van der Waals surface area contributed by atoms with Gasteiger partial charge in [-0.05, 0) is 48.0 Å². The van der Waals surface area contributed by atoms with Crippen molar-refractivity contribution in [1.82, 2.24) is 4.90 Å². The minimum absolute atomic E-state index is 0.0606. The van der Waals surface area contributed by atoms with Crippen molar-refractivity contribution in [2.24, 2.45) is 0 Å². The third-order valence-corrected chi connectivity index (χ3v) is 5.79. The summed E-state index contributed by atoms with van der Waals surface area (Å²) in [6.45, 7) is 0.307. The first-order valence-electron chi connectivity index (χ1n) is 10.2. The molecule has 33 heavy (non-hydrogen) atoms. The molecule has 3 aromatic rings.